The van der Waals surface area contributed by atoms with Crippen molar-refractivity contribution in [2.45, 2.75) is 13.8 Å². The number of rotatable bonds is 3. The summed E-state index contributed by atoms with van der Waals surface area (Å²) in [5, 5.41) is 0. The van der Waals surface area contributed by atoms with Crippen LogP contribution in [0.4, 0.5) is 0 Å². The van der Waals surface area contributed by atoms with Crippen LogP contribution in [0.25, 0.3) is 11.3 Å². The molecular formula is C12H12N2O3. The van der Waals surface area contributed by atoms with Crippen molar-refractivity contribution in [1.29, 1.82) is 0 Å². The van der Waals surface area contributed by atoms with E-state index in [0.29, 0.717) is 17.9 Å². The Bertz CT molecular complexity index is 517. The van der Waals surface area contributed by atoms with Crippen LogP contribution in [0.1, 0.15) is 23.1 Å². The molecule has 0 aliphatic rings. The highest BCUT2D eigenvalue weighted by Crippen LogP contribution is 2.22. The minimum Gasteiger partial charge on any atom is -0.461 e. The standard InChI is InChI=1S/C12H12N2O3/c1-3-16-12(15)10-11(17-7-14-10)9-5-4-8(2)13-6-9/h4-7H,3H2,1-2H3. The van der Waals surface area contributed by atoms with Gasteiger partial charge in [-0.25, -0.2) is 9.78 Å². The Morgan fingerprint density at radius 3 is 2.88 bits per heavy atom. The highest BCUT2D eigenvalue weighted by molar-refractivity contribution is 5.93. The average molecular weight is 232 g/mol. The molecule has 0 aromatic carbocycles. The number of hydrogen-bond acceptors (Lipinski definition) is 5. The van der Waals surface area contributed by atoms with Crippen LogP contribution in [-0.4, -0.2) is 22.5 Å². The molecule has 2 heterocycles. The third-order valence-corrected chi connectivity index (χ3v) is 2.21. The van der Waals surface area contributed by atoms with Gasteiger partial charge in [0.2, 0.25) is 0 Å². The number of nitrogens with zero attached hydrogens (tertiary/aromatic N) is 2. The van der Waals surface area contributed by atoms with Crippen LogP contribution in [0.2, 0.25) is 0 Å². The first-order chi connectivity index (χ1) is 8.22. The summed E-state index contributed by atoms with van der Waals surface area (Å²) in [5.41, 5.74) is 1.78. The van der Waals surface area contributed by atoms with Gasteiger partial charge in [0.25, 0.3) is 0 Å². The number of hydrogen-bond donors (Lipinski definition) is 0. The van der Waals surface area contributed by atoms with Crippen molar-refractivity contribution in [3.63, 3.8) is 0 Å². The Morgan fingerprint density at radius 1 is 1.41 bits per heavy atom. The average Bonchev–Trinajstić information content (AvgIpc) is 2.79. The third kappa shape index (κ3) is 2.33. The summed E-state index contributed by atoms with van der Waals surface area (Å²) in [7, 11) is 0. The molecule has 0 amide bonds. The molecule has 0 saturated heterocycles. The quantitative estimate of drug-likeness (QED) is 0.759. The van der Waals surface area contributed by atoms with Gasteiger partial charge in [0.05, 0.1) is 6.61 Å². The molecule has 0 unspecified atom stereocenters. The fourth-order valence-corrected chi connectivity index (χ4v) is 1.40. The summed E-state index contributed by atoms with van der Waals surface area (Å²) < 4.78 is 10.1. The zero-order valence-corrected chi connectivity index (χ0v) is 9.64. The van der Waals surface area contributed by atoms with Gasteiger partial charge in [0.1, 0.15) is 0 Å². The molecule has 0 bridgehead atoms. The maximum atomic E-state index is 11.6. The molecule has 2 aromatic rings. The summed E-state index contributed by atoms with van der Waals surface area (Å²) in [6.07, 6.45) is 2.86. The highest BCUT2D eigenvalue weighted by atomic mass is 16.5. The molecule has 0 aliphatic heterocycles. The van der Waals surface area contributed by atoms with Crippen molar-refractivity contribution in [1.82, 2.24) is 9.97 Å². The molecule has 5 heteroatoms. The molecule has 0 radical (unpaired) electrons. The molecule has 17 heavy (non-hydrogen) atoms. The van der Waals surface area contributed by atoms with Crippen LogP contribution in [-0.2, 0) is 4.74 Å². The van der Waals surface area contributed by atoms with E-state index in [2.05, 4.69) is 9.97 Å². The van der Waals surface area contributed by atoms with Gasteiger partial charge in [-0.05, 0) is 26.0 Å². The van der Waals surface area contributed by atoms with E-state index >= 15 is 0 Å². The van der Waals surface area contributed by atoms with Crippen molar-refractivity contribution in [3.8, 4) is 11.3 Å². The Morgan fingerprint density at radius 2 is 2.24 bits per heavy atom. The summed E-state index contributed by atoms with van der Waals surface area (Å²) in [5.74, 6) is -0.104. The lowest BCUT2D eigenvalue weighted by molar-refractivity contribution is 0.0520. The topological polar surface area (TPSA) is 65.2 Å². The van der Waals surface area contributed by atoms with Gasteiger partial charge in [-0.1, -0.05) is 0 Å². The Hall–Kier alpha value is -2.17. The number of aromatic nitrogens is 2. The van der Waals surface area contributed by atoms with E-state index in [9.17, 15) is 4.79 Å². The SMILES string of the molecule is CCOC(=O)c1ncoc1-c1ccc(C)nc1. The van der Waals surface area contributed by atoms with Gasteiger partial charge in [-0.2, -0.15) is 0 Å². The van der Waals surface area contributed by atoms with Gasteiger partial charge >= 0.3 is 5.97 Å². The van der Waals surface area contributed by atoms with Gasteiger partial charge in [0, 0.05) is 17.5 Å². The summed E-state index contributed by atoms with van der Waals surface area (Å²) in [6.45, 7) is 3.93. The molecule has 0 fully saturated rings. The lowest BCUT2D eigenvalue weighted by Gasteiger charge is -2.01. The number of carbonyl (C=O) groups excluding carboxylic acids is 1. The molecule has 5 nitrogen and oxygen atoms in total. The second-order valence-electron chi connectivity index (χ2n) is 3.44. The monoisotopic (exact) mass is 232 g/mol. The minimum atomic E-state index is -0.489. The highest BCUT2D eigenvalue weighted by Gasteiger charge is 2.19. The van der Waals surface area contributed by atoms with Crippen molar-refractivity contribution >= 4 is 5.97 Å². The van der Waals surface area contributed by atoms with Crippen LogP contribution in [0.3, 0.4) is 0 Å². The molecule has 0 N–H and O–H groups in total. The van der Waals surface area contributed by atoms with E-state index in [4.69, 9.17) is 9.15 Å². The van der Waals surface area contributed by atoms with E-state index in [1.165, 1.54) is 6.39 Å². The Balaban J connectivity index is 2.36. The molecular weight excluding hydrogens is 220 g/mol. The van der Waals surface area contributed by atoms with Crippen LogP contribution < -0.4 is 0 Å². The van der Waals surface area contributed by atoms with Crippen molar-refractivity contribution in [2.24, 2.45) is 0 Å². The van der Waals surface area contributed by atoms with E-state index in [1.54, 1.807) is 13.1 Å². The molecule has 88 valence electrons. The second kappa shape index (κ2) is 4.78. The number of aryl methyl sites for hydroxylation is 1. The van der Waals surface area contributed by atoms with Crippen molar-refractivity contribution in [2.75, 3.05) is 6.61 Å². The summed E-state index contributed by atoms with van der Waals surface area (Å²) in [6, 6.07) is 3.67. The van der Waals surface area contributed by atoms with Crippen LogP contribution in [0.5, 0.6) is 0 Å². The molecule has 0 aliphatic carbocycles. The number of carbonyl (C=O) groups is 1. The number of oxazole rings is 1. The number of pyridine rings is 1. The van der Waals surface area contributed by atoms with E-state index in [1.807, 2.05) is 19.1 Å². The van der Waals surface area contributed by atoms with Crippen molar-refractivity contribution in [3.05, 3.63) is 36.1 Å². The van der Waals surface area contributed by atoms with Crippen LogP contribution >= 0.6 is 0 Å². The van der Waals surface area contributed by atoms with E-state index in [0.717, 1.165) is 5.69 Å². The molecule has 2 rings (SSSR count). The van der Waals surface area contributed by atoms with Gasteiger partial charge in [-0.15, -0.1) is 0 Å². The smallest absolute Gasteiger partial charge is 0.360 e. The maximum Gasteiger partial charge on any atom is 0.360 e. The van der Waals surface area contributed by atoms with Gasteiger partial charge in [0.15, 0.2) is 17.8 Å². The maximum absolute atomic E-state index is 11.6. The third-order valence-electron chi connectivity index (χ3n) is 2.21. The molecule has 0 atom stereocenters. The lowest BCUT2D eigenvalue weighted by atomic mass is 10.2. The zero-order valence-electron chi connectivity index (χ0n) is 9.64. The fraction of sp³-hybridized carbons (Fsp3) is 0.250. The largest absolute Gasteiger partial charge is 0.461 e. The first kappa shape index (κ1) is 11.3. The van der Waals surface area contributed by atoms with Gasteiger partial charge in [-0.3, -0.25) is 4.98 Å². The molecule has 0 saturated carbocycles. The Kier molecular flexibility index (Phi) is 3.18. The van der Waals surface area contributed by atoms with Crippen LogP contribution in [0, 0.1) is 6.92 Å². The first-order valence-corrected chi connectivity index (χ1v) is 5.26. The zero-order chi connectivity index (χ0) is 12.3. The predicted octanol–water partition coefficient (Wildman–Crippen LogP) is 2.22. The molecule has 0 spiro atoms. The fourth-order valence-electron chi connectivity index (χ4n) is 1.40. The predicted molar refractivity (Wildman–Crippen MR) is 60.4 cm³/mol. The van der Waals surface area contributed by atoms with E-state index < -0.39 is 5.97 Å². The Labute approximate surface area is 98.5 Å². The number of ether oxygens (including phenoxy) is 1. The van der Waals surface area contributed by atoms with E-state index in [-0.39, 0.29) is 5.69 Å². The first-order valence-electron chi connectivity index (χ1n) is 5.26. The number of esters is 1. The lowest BCUT2D eigenvalue weighted by Crippen LogP contribution is -2.06. The van der Waals surface area contributed by atoms with Gasteiger partial charge < -0.3 is 9.15 Å². The second-order valence-corrected chi connectivity index (χ2v) is 3.44. The van der Waals surface area contributed by atoms with Crippen molar-refractivity contribution < 1.29 is 13.9 Å². The van der Waals surface area contributed by atoms with Crippen LogP contribution in [0.15, 0.2) is 29.1 Å². The molecule has 2 aromatic heterocycles. The summed E-state index contributed by atoms with van der Waals surface area (Å²) >= 11 is 0. The minimum absolute atomic E-state index is 0.178. The normalized spacial score (nSPS) is 10.2. The summed E-state index contributed by atoms with van der Waals surface area (Å²) in [4.78, 5) is 19.6.